The smallest absolute Gasteiger partial charge is 0.870 e. The molecule has 0 unspecified atom stereocenters. The Morgan fingerprint density at radius 1 is 0.191 bits per heavy atom. The fourth-order valence-electron chi connectivity index (χ4n) is 16.8. The molecule has 0 rings (SSSR count). The maximum absolute atomic E-state index is 10.9. The first-order valence-electron chi connectivity index (χ1n) is 61.0. The summed E-state index contributed by atoms with van der Waals surface area (Å²) in [7, 11) is 0. The summed E-state index contributed by atoms with van der Waals surface area (Å²) in [6.45, 7) is 19.1. The van der Waals surface area contributed by atoms with E-state index in [1.807, 2.05) is 0 Å². The van der Waals surface area contributed by atoms with E-state index in [-0.39, 0.29) is 53.3 Å². The van der Waals surface area contributed by atoms with Gasteiger partial charge in [-0.05, 0) is 283 Å². The summed E-state index contributed by atoms with van der Waals surface area (Å²) in [5.74, 6) is 0. The third-order valence-electron chi connectivity index (χ3n) is 26.0. The Labute approximate surface area is 913 Å². The number of hydrogen-bond acceptors (Lipinski definition) is 7. The largest absolute Gasteiger partial charge is 1.00 e. The van der Waals surface area contributed by atoms with Crippen molar-refractivity contribution in [3.8, 4) is 0 Å². The van der Waals surface area contributed by atoms with Crippen LogP contribution in [0.4, 0.5) is 0 Å². The van der Waals surface area contributed by atoms with E-state index in [0.717, 1.165) is 83.5 Å². The van der Waals surface area contributed by atoms with Crippen LogP contribution in [-0.4, -0.2) is 58.9 Å². The minimum Gasteiger partial charge on any atom is -0.870 e. The number of halogens is 1. The second-order valence-electron chi connectivity index (χ2n) is 39.9. The number of aliphatic hydroxyl groups excluding tert-OH is 2. The van der Waals surface area contributed by atoms with E-state index in [2.05, 4.69) is 239 Å². The van der Waals surface area contributed by atoms with Crippen LogP contribution in [0.3, 0.4) is 0 Å². The molecule has 0 aromatic heterocycles. The van der Waals surface area contributed by atoms with Crippen molar-refractivity contribution in [3.05, 3.63) is 170 Å². The molecule has 820 valence electrons. The zero-order valence-electron chi connectivity index (χ0n) is 95.8. The molecule has 9 heteroatoms. The topological polar surface area (TPSA) is 123 Å². The minimum atomic E-state index is -0.0633. The molecule has 0 amide bonds. The van der Waals surface area contributed by atoms with Gasteiger partial charge in [-0.15, -0.1) is 0 Å². The van der Waals surface area contributed by atoms with Crippen molar-refractivity contribution >= 4 is 28.9 Å². The Hall–Kier alpha value is -3.34. The van der Waals surface area contributed by atoms with Crippen molar-refractivity contribution in [1.29, 1.82) is 0 Å². The Morgan fingerprint density at radius 3 is 0.489 bits per heavy atom. The molecule has 141 heavy (non-hydrogen) atoms. The second kappa shape index (κ2) is 152. The van der Waals surface area contributed by atoms with Gasteiger partial charge in [0.1, 0.15) is 6.10 Å². The van der Waals surface area contributed by atoms with E-state index in [9.17, 15) is 19.8 Å². The van der Waals surface area contributed by atoms with Gasteiger partial charge in [-0.1, -0.05) is 530 Å². The summed E-state index contributed by atoms with van der Waals surface area (Å²) < 4.78 is 9.54. The molecule has 0 aliphatic rings. The average Bonchev–Trinajstić information content (AvgIpc) is 1.00. The molecule has 7 nitrogen and oxygen atoms in total. The van der Waals surface area contributed by atoms with Crippen LogP contribution < -0.4 is 29.6 Å². The van der Waals surface area contributed by atoms with E-state index in [1.165, 1.54) is 493 Å². The number of carbonyl (C=O) groups excluding carboxylic acids is 2. The molecule has 0 atom stereocenters. The van der Waals surface area contributed by atoms with Gasteiger partial charge >= 0.3 is 29.6 Å². The molecular weight excluding hydrogens is 1800 g/mol. The quantitative estimate of drug-likeness (QED) is 0.0204. The second-order valence-corrected chi connectivity index (χ2v) is 40.7. The molecule has 0 fully saturated rings. The molecule has 0 aliphatic heterocycles. The number of hydrogen-bond donors (Lipinski definition) is 2. The molecule has 0 aromatic rings. The zero-order valence-corrected chi connectivity index (χ0v) is 99.3. The fourth-order valence-corrected chi connectivity index (χ4v) is 17.2. The van der Waals surface area contributed by atoms with Crippen LogP contribution in [0.15, 0.2) is 170 Å². The van der Waals surface area contributed by atoms with Crippen LogP contribution in [0.2, 0.25) is 0 Å². The van der Waals surface area contributed by atoms with Gasteiger partial charge in [0.15, 0.2) is 0 Å². The fraction of sp³-hybridized carbons (Fsp3) is 0.773. The van der Waals surface area contributed by atoms with Gasteiger partial charge in [0.25, 0.3) is 12.9 Å². The summed E-state index contributed by atoms with van der Waals surface area (Å²) in [5, 5.41) is 21.7. The van der Waals surface area contributed by atoms with Crippen molar-refractivity contribution in [3.63, 3.8) is 0 Å². The Morgan fingerprint density at radius 2 is 0.340 bits per heavy atom. The van der Waals surface area contributed by atoms with Crippen LogP contribution in [-0.2, 0) is 19.1 Å². The van der Waals surface area contributed by atoms with E-state index in [1.54, 1.807) is 6.92 Å². The standard InChI is InChI=1S/C38H68O2.2C37H68O.C17H31Br.C3H6O2.Na.H2O/c1-3-5-7-9-11-13-15-17-19-21-23-25-27-29-31-33-35-38(40-37-39)36-34-32-30-28-26-24-22-20-18-16-14-12-10-8-6-4-2;2*1-3-5-7-9-11-13-15-17-19-21-23-25-27-29-31-33-35-37(38)36-34-32-30-28-26-24-22-20-18-16-14-12-10-8-6-4-2;1-2-3-4-5-6-7-8-9-10-11-12-13-14-15-16-17-18;1-2-5-3-4;;/h11-14,17-20,37-38H,3-10,15-16,21-36H2,1-2H3;2*11-14,17-20,37-38H,3-10,15-16,21-36H2,1-2H3;5-6,8-9H,2-4,7,10-17H2,1H3;3H,2H2,1H3;;1H2/q;;;;;+1;/p-1/b3*13-11-,14-12-,19-17-,20-18-;6-5-,9-8-;;;. The summed E-state index contributed by atoms with van der Waals surface area (Å²) in [4.78, 5) is 20.1. The van der Waals surface area contributed by atoms with Gasteiger partial charge in [0.2, 0.25) is 0 Å². The number of ether oxygens (including phenoxy) is 2. The van der Waals surface area contributed by atoms with Gasteiger partial charge in [-0.25, -0.2) is 0 Å². The van der Waals surface area contributed by atoms with E-state index < -0.39 is 0 Å². The molecule has 0 spiro atoms. The Balaban J connectivity index is -0.000000341. The molecule has 0 bridgehead atoms. The molecule has 0 aromatic carbocycles. The molecule has 0 aliphatic carbocycles. The van der Waals surface area contributed by atoms with Gasteiger partial charge < -0.3 is 25.2 Å². The van der Waals surface area contributed by atoms with E-state index >= 15 is 0 Å². The Bertz CT molecular complexity index is 2420. The number of rotatable bonds is 107. The van der Waals surface area contributed by atoms with Crippen molar-refractivity contribution in [2.45, 2.75) is 645 Å². The van der Waals surface area contributed by atoms with Gasteiger partial charge in [-0.3, -0.25) is 9.59 Å². The first-order chi connectivity index (χ1) is 68.8. The minimum absolute atomic E-state index is 0. The zero-order chi connectivity index (χ0) is 102. The molecule has 0 saturated carbocycles. The number of carbonyl (C=O) groups is 2. The predicted octanol–water partition coefficient (Wildman–Crippen LogP) is 42.3. The maximum Gasteiger partial charge on any atom is 1.00 e. The van der Waals surface area contributed by atoms with Crippen molar-refractivity contribution < 1.29 is 64.3 Å². The summed E-state index contributed by atoms with van der Waals surface area (Å²) in [6.07, 6.45) is 178. The van der Waals surface area contributed by atoms with Crippen molar-refractivity contribution in [2.75, 3.05) is 11.9 Å². The third-order valence-corrected chi connectivity index (χ3v) is 26.5. The van der Waals surface area contributed by atoms with Crippen LogP contribution in [0.5, 0.6) is 0 Å². The third kappa shape index (κ3) is 159. The van der Waals surface area contributed by atoms with Crippen LogP contribution in [0.1, 0.15) is 627 Å². The first kappa shape index (κ1) is 151. The number of aliphatic hydroxyl groups is 2. The van der Waals surface area contributed by atoms with Crippen molar-refractivity contribution in [1.82, 2.24) is 0 Å². The SMILES string of the molecule is CCCC/C=C\C/C=C\CCCCCCCCBr.CCCCC/C=C\C/C=C\CCCCCCCCC(CCCCCCCC/C=C\C/C=C\CCCCC)OC=O.CCCCC/C=C\C/C=C\CCCCCCCCC(O)CCCCCCCC/C=C\C/C=C\CCCCC.CCCCC/C=C\C/C=C\CCCCCCCCC(O)CCCCCCCC/C=C\C/C=C\CCCCC.CCOC=O.[Na+].[OH-]. The van der Waals surface area contributed by atoms with Crippen LogP contribution in [0, 0.1) is 0 Å². The summed E-state index contributed by atoms with van der Waals surface area (Å²) >= 11 is 3.47. The molecule has 0 saturated heterocycles. The summed E-state index contributed by atoms with van der Waals surface area (Å²) in [5.41, 5.74) is 0. The van der Waals surface area contributed by atoms with Crippen LogP contribution >= 0.6 is 15.9 Å². The first-order valence-corrected chi connectivity index (χ1v) is 62.1. The molecule has 0 radical (unpaired) electrons. The maximum atomic E-state index is 10.9. The Kier molecular flexibility index (Phi) is 162. The van der Waals surface area contributed by atoms with Crippen LogP contribution in [0.25, 0.3) is 0 Å². The van der Waals surface area contributed by atoms with E-state index in [0.29, 0.717) is 19.6 Å². The van der Waals surface area contributed by atoms with Gasteiger partial charge in [-0.2, -0.15) is 0 Å². The molecule has 0 heterocycles. The van der Waals surface area contributed by atoms with Gasteiger partial charge in [0.05, 0.1) is 18.8 Å². The average molecular weight is 2040 g/mol. The number of alkyl halides is 1. The monoisotopic (exact) mass is 2040 g/mol. The van der Waals surface area contributed by atoms with Gasteiger partial charge in [0, 0.05) is 5.33 Å². The van der Waals surface area contributed by atoms with Crippen molar-refractivity contribution in [2.24, 2.45) is 0 Å². The number of unbranched alkanes of at least 4 members (excludes halogenated alkanes) is 62. The normalized spacial score (nSPS) is 12.0. The number of allylic oxidation sites excluding steroid dienone is 28. The van der Waals surface area contributed by atoms with E-state index in [4.69, 9.17) is 4.74 Å². The molecule has 3 N–H and O–H groups in total. The molecular formula is C132H242BrNaO7. The predicted molar refractivity (Wildman–Crippen MR) is 635 cm³/mol. The summed E-state index contributed by atoms with van der Waals surface area (Å²) in [6, 6.07) is 0.